The minimum Gasteiger partial charge on any atom is -0.444 e. The largest absolute Gasteiger partial charge is 0.444 e. The van der Waals surface area contributed by atoms with Gasteiger partial charge in [-0.2, -0.15) is 0 Å². The molecule has 2 aromatic heterocycles. The molecule has 1 atom stereocenters. The van der Waals surface area contributed by atoms with E-state index in [9.17, 15) is 13.6 Å². The fourth-order valence-corrected chi connectivity index (χ4v) is 2.78. The lowest BCUT2D eigenvalue weighted by molar-refractivity contribution is -0.00248. The maximum atomic E-state index is 14.0. The summed E-state index contributed by atoms with van der Waals surface area (Å²) >= 11 is 5.66. The second-order valence-corrected chi connectivity index (χ2v) is 7.45. The first-order valence-electron chi connectivity index (χ1n) is 7.94. The van der Waals surface area contributed by atoms with E-state index in [2.05, 4.69) is 19.9 Å². The number of amides is 1. The number of ether oxygens (including phenoxy) is 1. The number of nitrogens with zero attached hydrogens (tertiary/aromatic N) is 4. The van der Waals surface area contributed by atoms with Crippen LogP contribution >= 0.6 is 11.6 Å². The van der Waals surface area contributed by atoms with Gasteiger partial charge in [0, 0.05) is 24.4 Å². The number of halogens is 3. The standard InChI is InChI=1S/C16H18ClF2N5O2/c1-15(2,3)26-14(25)24-8-16(18,19)4-11(24)12-20-7-10(23-12)9-5-21-13(17)22-6-9/h5-7,11H,4,8H2,1-3H3,(H,20,23). The first-order chi connectivity index (χ1) is 12.0. The van der Waals surface area contributed by atoms with Crippen LogP contribution in [0.15, 0.2) is 18.6 Å². The lowest BCUT2D eigenvalue weighted by atomic mass is 10.2. The molecule has 1 unspecified atom stereocenters. The van der Waals surface area contributed by atoms with Gasteiger partial charge >= 0.3 is 6.09 Å². The molecule has 1 fully saturated rings. The summed E-state index contributed by atoms with van der Waals surface area (Å²) in [5.41, 5.74) is 0.354. The average Bonchev–Trinajstić information content (AvgIpc) is 3.10. The van der Waals surface area contributed by atoms with Gasteiger partial charge in [0.1, 0.15) is 11.4 Å². The molecule has 0 spiro atoms. The molecule has 26 heavy (non-hydrogen) atoms. The molecule has 7 nitrogen and oxygen atoms in total. The summed E-state index contributed by atoms with van der Waals surface area (Å²) in [6.45, 7) is 4.33. The summed E-state index contributed by atoms with van der Waals surface area (Å²) in [4.78, 5) is 28.2. The Balaban J connectivity index is 1.86. The highest BCUT2D eigenvalue weighted by atomic mass is 35.5. The molecule has 0 aliphatic carbocycles. The Morgan fingerprint density at radius 1 is 1.31 bits per heavy atom. The van der Waals surface area contributed by atoms with Crippen LogP contribution in [0, 0.1) is 0 Å². The summed E-state index contributed by atoms with van der Waals surface area (Å²) in [6, 6.07) is -0.915. The third-order valence-electron chi connectivity index (χ3n) is 3.74. The van der Waals surface area contributed by atoms with Crippen LogP contribution in [0.1, 0.15) is 39.1 Å². The van der Waals surface area contributed by atoms with Crippen LogP contribution in [0.4, 0.5) is 13.6 Å². The van der Waals surface area contributed by atoms with Crippen molar-refractivity contribution >= 4 is 17.7 Å². The van der Waals surface area contributed by atoms with Crippen molar-refractivity contribution in [1.82, 2.24) is 24.8 Å². The summed E-state index contributed by atoms with van der Waals surface area (Å²) in [7, 11) is 0. The molecule has 1 aliphatic rings. The van der Waals surface area contributed by atoms with Gasteiger partial charge in [-0.15, -0.1) is 0 Å². The highest BCUT2D eigenvalue weighted by molar-refractivity contribution is 6.28. The van der Waals surface area contributed by atoms with E-state index >= 15 is 0 Å². The minimum absolute atomic E-state index is 0.0972. The first kappa shape index (κ1) is 18.5. The average molecular weight is 386 g/mol. The molecule has 140 valence electrons. The zero-order valence-electron chi connectivity index (χ0n) is 14.5. The van der Waals surface area contributed by atoms with Crippen LogP contribution in [0.25, 0.3) is 11.3 Å². The van der Waals surface area contributed by atoms with E-state index in [4.69, 9.17) is 16.3 Å². The van der Waals surface area contributed by atoms with Crippen molar-refractivity contribution in [3.8, 4) is 11.3 Å². The van der Waals surface area contributed by atoms with E-state index in [-0.39, 0.29) is 11.1 Å². The van der Waals surface area contributed by atoms with Gasteiger partial charge in [0.2, 0.25) is 5.28 Å². The van der Waals surface area contributed by atoms with E-state index in [1.54, 1.807) is 20.8 Å². The predicted molar refractivity (Wildman–Crippen MR) is 89.9 cm³/mol. The molecule has 0 bridgehead atoms. The molecule has 1 aliphatic heterocycles. The smallest absolute Gasteiger partial charge is 0.411 e. The number of alkyl halides is 2. The van der Waals surface area contributed by atoms with Crippen LogP contribution in [0.5, 0.6) is 0 Å². The Hall–Kier alpha value is -2.29. The van der Waals surface area contributed by atoms with Crippen molar-refractivity contribution in [2.75, 3.05) is 6.54 Å². The highest BCUT2D eigenvalue weighted by Gasteiger charge is 2.49. The molecular formula is C16H18ClF2N5O2. The van der Waals surface area contributed by atoms with E-state index in [1.807, 2.05) is 0 Å². The van der Waals surface area contributed by atoms with Crippen LogP contribution in [-0.4, -0.2) is 49.0 Å². The zero-order valence-corrected chi connectivity index (χ0v) is 15.2. The number of hydrogen-bond donors (Lipinski definition) is 1. The molecule has 3 rings (SSSR count). The quantitative estimate of drug-likeness (QED) is 0.794. The van der Waals surface area contributed by atoms with Crippen LogP contribution in [-0.2, 0) is 4.74 Å². The number of likely N-dealkylation sites (tertiary alicyclic amines) is 1. The maximum Gasteiger partial charge on any atom is 0.411 e. The summed E-state index contributed by atoms with van der Waals surface area (Å²) < 4.78 is 33.2. The molecule has 0 saturated carbocycles. The van der Waals surface area contributed by atoms with Crippen LogP contribution in [0.3, 0.4) is 0 Å². The number of carbonyl (C=O) groups excluding carboxylic acids is 1. The van der Waals surface area contributed by atoms with Gasteiger partial charge < -0.3 is 9.72 Å². The number of rotatable bonds is 2. The predicted octanol–water partition coefficient (Wildman–Crippen LogP) is 3.84. The van der Waals surface area contributed by atoms with E-state index in [0.717, 1.165) is 4.90 Å². The van der Waals surface area contributed by atoms with E-state index < -0.39 is 36.6 Å². The Morgan fingerprint density at radius 3 is 2.58 bits per heavy atom. The van der Waals surface area contributed by atoms with Crippen molar-refractivity contribution in [2.24, 2.45) is 0 Å². The lowest BCUT2D eigenvalue weighted by Crippen LogP contribution is -2.38. The monoisotopic (exact) mass is 385 g/mol. The lowest BCUT2D eigenvalue weighted by Gasteiger charge is -2.27. The van der Waals surface area contributed by atoms with Crippen molar-refractivity contribution in [3.05, 3.63) is 29.7 Å². The third-order valence-corrected chi connectivity index (χ3v) is 3.94. The first-order valence-corrected chi connectivity index (χ1v) is 8.32. The zero-order chi connectivity index (χ0) is 19.1. The summed E-state index contributed by atoms with van der Waals surface area (Å²) in [6.07, 6.45) is 3.12. The van der Waals surface area contributed by atoms with Gasteiger partial charge in [0.05, 0.1) is 24.5 Å². The van der Waals surface area contributed by atoms with Crippen LogP contribution < -0.4 is 0 Å². The van der Waals surface area contributed by atoms with Crippen molar-refractivity contribution in [3.63, 3.8) is 0 Å². The number of imidazole rings is 1. The van der Waals surface area contributed by atoms with E-state index in [1.165, 1.54) is 18.6 Å². The van der Waals surface area contributed by atoms with Crippen molar-refractivity contribution < 1.29 is 18.3 Å². The Bertz CT molecular complexity index is 804. The SMILES string of the molecule is CC(C)(C)OC(=O)N1CC(F)(F)CC1c1ncc(-c2cnc(Cl)nc2)[nH]1. The van der Waals surface area contributed by atoms with Gasteiger partial charge in [-0.05, 0) is 32.4 Å². The summed E-state index contributed by atoms with van der Waals surface area (Å²) in [5, 5.41) is 0.0972. The molecule has 0 radical (unpaired) electrons. The van der Waals surface area contributed by atoms with Gasteiger partial charge in [-0.25, -0.2) is 28.5 Å². The second kappa shape index (κ2) is 6.46. The Morgan fingerprint density at radius 2 is 1.96 bits per heavy atom. The van der Waals surface area contributed by atoms with Gasteiger partial charge in [-0.1, -0.05) is 0 Å². The highest BCUT2D eigenvalue weighted by Crippen LogP contribution is 2.41. The topological polar surface area (TPSA) is 84.0 Å². The number of nitrogens with one attached hydrogen (secondary N) is 1. The molecule has 10 heteroatoms. The minimum atomic E-state index is -3.02. The molecule has 0 aromatic carbocycles. The molecule has 2 aromatic rings. The van der Waals surface area contributed by atoms with Crippen LogP contribution in [0.2, 0.25) is 5.28 Å². The fourth-order valence-electron chi connectivity index (χ4n) is 2.68. The Kier molecular flexibility index (Phi) is 4.60. The normalized spacial score (nSPS) is 19.6. The van der Waals surface area contributed by atoms with E-state index in [0.29, 0.717) is 11.3 Å². The molecule has 1 N–H and O–H groups in total. The third kappa shape index (κ3) is 4.09. The van der Waals surface area contributed by atoms with Gasteiger partial charge in [0.15, 0.2) is 0 Å². The number of carbonyl (C=O) groups is 1. The number of H-pyrrole nitrogens is 1. The molecule has 1 saturated heterocycles. The number of hydrogen-bond acceptors (Lipinski definition) is 5. The number of aromatic amines is 1. The van der Waals surface area contributed by atoms with Gasteiger partial charge in [-0.3, -0.25) is 4.90 Å². The van der Waals surface area contributed by atoms with Crippen molar-refractivity contribution in [1.29, 1.82) is 0 Å². The maximum absolute atomic E-state index is 14.0. The summed E-state index contributed by atoms with van der Waals surface area (Å²) in [5.74, 6) is -2.77. The molecule has 1 amide bonds. The fraction of sp³-hybridized carbons (Fsp3) is 0.500. The molecular weight excluding hydrogens is 368 g/mol. The van der Waals surface area contributed by atoms with Gasteiger partial charge in [0.25, 0.3) is 5.92 Å². The Labute approximate surface area is 153 Å². The molecule has 3 heterocycles. The number of aromatic nitrogens is 4. The second-order valence-electron chi connectivity index (χ2n) is 7.11. The van der Waals surface area contributed by atoms with Crippen molar-refractivity contribution in [2.45, 2.75) is 44.8 Å².